The van der Waals surface area contributed by atoms with Crippen molar-refractivity contribution in [1.82, 2.24) is 5.32 Å². The summed E-state index contributed by atoms with van der Waals surface area (Å²) in [6, 6.07) is 1.52. The van der Waals surface area contributed by atoms with Gasteiger partial charge < -0.3 is 20.3 Å². The van der Waals surface area contributed by atoms with E-state index in [1.807, 2.05) is 0 Å². The van der Waals surface area contributed by atoms with Crippen LogP contribution in [0.25, 0.3) is 0 Å². The van der Waals surface area contributed by atoms with E-state index in [1.165, 1.54) is 6.07 Å². The molecule has 1 aromatic carbocycles. The number of aromatic carboxylic acids is 1. The molecule has 1 spiro atoms. The molecule has 0 bridgehead atoms. The third kappa shape index (κ3) is 2.53. The van der Waals surface area contributed by atoms with Crippen molar-refractivity contribution in [3.8, 4) is 5.75 Å². The number of rotatable bonds is 1. The Bertz CT molecular complexity index is 1010. The van der Waals surface area contributed by atoms with Crippen molar-refractivity contribution >= 4 is 27.8 Å². The molecule has 1 aromatic rings. The maximum Gasteiger partial charge on any atom is 0.336 e. The van der Waals surface area contributed by atoms with Gasteiger partial charge in [-0.2, -0.15) is 0 Å². The van der Waals surface area contributed by atoms with Crippen molar-refractivity contribution in [2.75, 3.05) is 0 Å². The standard InChI is InChI=1S/C24H30BrNO5/c1-11-5-6-17-22(2,3)19(27)16(25)9-24(17)23(11,4)8-14-13(21(29)30)7-12-15(18(14)31-24)10-26-20(12)28/h7,11,16-17,19,27H,5-6,8-10H2,1-4H3,(H,26,28)(H,29,30)/t11-,16?,17-,19?,23+,24-/m0/s1. The molecule has 4 aliphatic rings. The summed E-state index contributed by atoms with van der Waals surface area (Å²) in [6.07, 6.45) is 2.71. The van der Waals surface area contributed by atoms with Crippen molar-refractivity contribution in [2.24, 2.45) is 22.7 Å². The number of halogens is 1. The van der Waals surface area contributed by atoms with Gasteiger partial charge in [0.25, 0.3) is 5.91 Å². The molecule has 2 aliphatic carbocycles. The number of fused-ring (bicyclic) bond motifs is 3. The minimum Gasteiger partial charge on any atom is -0.486 e. The number of aliphatic hydroxyl groups excluding tert-OH is 1. The van der Waals surface area contributed by atoms with E-state index >= 15 is 0 Å². The summed E-state index contributed by atoms with van der Waals surface area (Å²) in [5.74, 6) is -0.248. The molecule has 1 amide bonds. The van der Waals surface area contributed by atoms with Gasteiger partial charge in [0.2, 0.25) is 0 Å². The van der Waals surface area contributed by atoms with Gasteiger partial charge in [0.05, 0.1) is 11.7 Å². The lowest BCUT2D eigenvalue weighted by Gasteiger charge is -2.67. The summed E-state index contributed by atoms with van der Waals surface area (Å²) >= 11 is 3.75. The van der Waals surface area contributed by atoms with Crippen LogP contribution in [0.15, 0.2) is 6.07 Å². The number of amides is 1. The zero-order chi connectivity index (χ0) is 22.5. The molecule has 6 atom stereocenters. The molecule has 2 fully saturated rings. The van der Waals surface area contributed by atoms with E-state index in [0.29, 0.717) is 42.2 Å². The number of nitrogens with one attached hydrogen (secondary N) is 1. The maximum absolute atomic E-state index is 12.4. The van der Waals surface area contributed by atoms with Crippen LogP contribution in [0.5, 0.6) is 5.75 Å². The van der Waals surface area contributed by atoms with E-state index in [9.17, 15) is 19.8 Å². The smallest absolute Gasteiger partial charge is 0.336 e. The quantitative estimate of drug-likeness (QED) is 0.517. The van der Waals surface area contributed by atoms with Crippen LogP contribution in [-0.2, 0) is 13.0 Å². The fourth-order valence-electron chi connectivity index (χ4n) is 7.18. The lowest BCUT2D eigenvalue weighted by atomic mass is 9.43. The Labute approximate surface area is 190 Å². The Morgan fingerprint density at radius 1 is 1.26 bits per heavy atom. The number of benzene rings is 1. The van der Waals surface area contributed by atoms with Gasteiger partial charge in [0, 0.05) is 45.8 Å². The van der Waals surface area contributed by atoms with Crippen molar-refractivity contribution < 1.29 is 24.5 Å². The van der Waals surface area contributed by atoms with Crippen LogP contribution in [0, 0.1) is 22.7 Å². The highest BCUT2D eigenvalue weighted by molar-refractivity contribution is 9.09. The third-order valence-electron chi connectivity index (χ3n) is 9.22. The second-order valence-corrected chi connectivity index (χ2v) is 12.0. The highest BCUT2D eigenvalue weighted by atomic mass is 79.9. The number of ether oxygens (including phenoxy) is 1. The van der Waals surface area contributed by atoms with Crippen molar-refractivity contribution in [3.05, 3.63) is 28.3 Å². The number of carboxylic acid groups (broad SMARTS) is 1. The van der Waals surface area contributed by atoms with Crippen molar-refractivity contribution in [1.29, 1.82) is 0 Å². The highest BCUT2D eigenvalue weighted by Gasteiger charge is 2.69. The van der Waals surface area contributed by atoms with Crippen LogP contribution >= 0.6 is 15.9 Å². The summed E-state index contributed by atoms with van der Waals surface area (Å²) in [4.78, 5) is 24.5. The number of carbonyl (C=O) groups is 2. The lowest BCUT2D eigenvalue weighted by molar-refractivity contribution is -0.230. The molecule has 2 saturated carbocycles. The molecule has 7 heteroatoms. The summed E-state index contributed by atoms with van der Waals surface area (Å²) in [5, 5.41) is 23.8. The molecular formula is C24H30BrNO5. The van der Waals surface area contributed by atoms with Crippen molar-refractivity contribution in [2.45, 2.75) is 76.5 Å². The van der Waals surface area contributed by atoms with Crippen LogP contribution in [0.3, 0.4) is 0 Å². The number of carbonyl (C=O) groups excluding carboxylic acids is 1. The Hall–Kier alpha value is -1.60. The highest BCUT2D eigenvalue weighted by Crippen LogP contribution is 2.67. The molecule has 2 heterocycles. The molecule has 168 valence electrons. The average Bonchev–Trinajstić information content (AvgIpc) is 3.06. The van der Waals surface area contributed by atoms with Gasteiger partial charge in [-0.1, -0.05) is 43.6 Å². The molecule has 0 aromatic heterocycles. The fraction of sp³-hybridized carbons (Fsp3) is 0.667. The fourth-order valence-corrected chi connectivity index (χ4v) is 8.35. The Morgan fingerprint density at radius 2 is 1.97 bits per heavy atom. The predicted molar refractivity (Wildman–Crippen MR) is 119 cm³/mol. The van der Waals surface area contributed by atoms with Gasteiger partial charge >= 0.3 is 5.97 Å². The molecule has 31 heavy (non-hydrogen) atoms. The Morgan fingerprint density at radius 3 is 2.65 bits per heavy atom. The van der Waals surface area contributed by atoms with Gasteiger partial charge in [-0.25, -0.2) is 4.79 Å². The first-order valence-corrected chi connectivity index (χ1v) is 12.1. The lowest BCUT2D eigenvalue weighted by Crippen LogP contribution is -2.72. The summed E-state index contributed by atoms with van der Waals surface area (Å²) in [6.45, 7) is 9.08. The van der Waals surface area contributed by atoms with Crippen LogP contribution in [0.2, 0.25) is 0 Å². The van der Waals surface area contributed by atoms with Crippen molar-refractivity contribution in [3.63, 3.8) is 0 Å². The third-order valence-corrected chi connectivity index (χ3v) is 10.0. The van der Waals surface area contributed by atoms with Gasteiger partial charge in [-0.05, 0) is 36.7 Å². The monoisotopic (exact) mass is 491 g/mol. The van der Waals surface area contributed by atoms with Gasteiger partial charge in [0.15, 0.2) is 0 Å². The van der Waals surface area contributed by atoms with Crippen LogP contribution in [0.1, 0.15) is 78.8 Å². The van der Waals surface area contributed by atoms with E-state index in [0.717, 1.165) is 18.4 Å². The molecule has 5 rings (SSSR count). The summed E-state index contributed by atoms with van der Waals surface area (Å²) in [7, 11) is 0. The zero-order valence-corrected chi connectivity index (χ0v) is 20.0. The largest absolute Gasteiger partial charge is 0.486 e. The summed E-state index contributed by atoms with van der Waals surface area (Å²) < 4.78 is 7.04. The van der Waals surface area contributed by atoms with Crippen LogP contribution in [-0.4, -0.2) is 38.6 Å². The first-order chi connectivity index (χ1) is 14.4. The Balaban J connectivity index is 1.78. The SMILES string of the molecule is C[C@H]1CC[C@H]2C(C)(C)C(O)C(Br)C[C@]23Oc2c(c(C(=O)O)cc4c2CNC4=O)C[C@]13C. The maximum atomic E-state index is 12.4. The number of alkyl halides is 1. The van der Waals surface area contributed by atoms with E-state index in [1.54, 1.807) is 0 Å². The molecule has 6 nitrogen and oxygen atoms in total. The first kappa shape index (κ1) is 21.3. The average molecular weight is 492 g/mol. The van der Waals surface area contributed by atoms with E-state index in [2.05, 4.69) is 48.9 Å². The number of carboxylic acids is 1. The molecule has 2 aliphatic heterocycles. The predicted octanol–water partition coefficient (Wildman–Crippen LogP) is 3.91. The van der Waals surface area contributed by atoms with Gasteiger partial charge in [-0.3, -0.25) is 4.79 Å². The van der Waals surface area contributed by atoms with Gasteiger partial charge in [0.1, 0.15) is 11.4 Å². The van der Waals surface area contributed by atoms with E-state index in [-0.39, 0.29) is 33.0 Å². The van der Waals surface area contributed by atoms with E-state index < -0.39 is 17.7 Å². The molecule has 2 unspecified atom stereocenters. The number of hydrogen-bond donors (Lipinski definition) is 3. The second kappa shape index (κ2) is 6.47. The minimum atomic E-state index is -1.03. The second-order valence-electron chi connectivity index (χ2n) is 10.8. The Kier molecular flexibility index (Phi) is 4.44. The number of hydrogen-bond acceptors (Lipinski definition) is 4. The van der Waals surface area contributed by atoms with E-state index in [4.69, 9.17) is 4.74 Å². The molecule has 0 saturated heterocycles. The van der Waals surface area contributed by atoms with Crippen LogP contribution < -0.4 is 10.1 Å². The topological polar surface area (TPSA) is 95.9 Å². The summed E-state index contributed by atoms with van der Waals surface area (Å²) in [5.41, 5.74) is 0.842. The minimum absolute atomic E-state index is 0.118. The number of aliphatic hydroxyl groups is 1. The molecular weight excluding hydrogens is 462 g/mol. The normalized spacial score (nSPS) is 40.0. The zero-order valence-electron chi connectivity index (χ0n) is 18.4. The molecule has 3 N–H and O–H groups in total. The van der Waals surface area contributed by atoms with Crippen LogP contribution in [0.4, 0.5) is 0 Å². The molecule has 0 radical (unpaired) electrons. The first-order valence-electron chi connectivity index (χ1n) is 11.2. The van der Waals surface area contributed by atoms with Gasteiger partial charge in [-0.15, -0.1) is 0 Å².